The smallest absolute Gasteiger partial charge is 0.0973 e. The normalized spacial score (nSPS) is 12.5. The fourth-order valence-corrected chi connectivity index (χ4v) is 1.13. The summed E-state index contributed by atoms with van der Waals surface area (Å²) in [4.78, 5) is 0. The van der Waals surface area contributed by atoms with Crippen molar-refractivity contribution in [2.24, 2.45) is 7.05 Å². The first-order chi connectivity index (χ1) is 5.70. The van der Waals surface area contributed by atoms with Crippen molar-refractivity contribution < 1.29 is 0 Å². The van der Waals surface area contributed by atoms with E-state index in [0.717, 1.165) is 11.3 Å². The van der Waals surface area contributed by atoms with Gasteiger partial charge in [0, 0.05) is 18.3 Å². The monoisotopic (exact) mass is 163 g/mol. The molecule has 1 aromatic rings. The molecule has 3 heteroatoms. The lowest BCUT2D eigenvalue weighted by Gasteiger charge is -2.07. The Labute approximate surface area is 72.8 Å². The first kappa shape index (κ1) is 8.82. The summed E-state index contributed by atoms with van der Waals surface area (Å²) in [6.07, 6.45) is 7.15. The minimum absolute atomic E-state index is 0.0290. The van der Waals surface area contributed by atoms with Crippen LogP contribution in [0, 0.1) is 19.3 Å². The lowest BCUT2D eigenvalue weighted by molar-refractivity contribution is 0.711. The largest absolute Gasteiger partial charge is 0.303 e. The third kappa shape index (κ3) is 1.34. The van der Waals surface area contributed by atoms with E-state index in [9.17, 15) is 0 Å². The fourth-order valence-electron chi connectivity index (χ4n) is 1.13. The third-order valence-electron chi connectivity index (χ3n) is 2.04. The first-order valence-corrected chi connectivity index (χ1v) is 3.82. The highest BCUT2D eigenvalue weighted by Crippen LogP contribution is 2.14. The second kappa shape index (κ2) is 3.42. The highest BCUT2D eigenvalue weighted by atomic mass is 15.3. The van der Waals surface area contributed by atoms with Crippen LogP contribution in [0.15, 0.2) is 6.20 Å². The number of aryl methyl sites for hydroxylation is 1. The molecule has 0 aliphatic heterocycles. The highest BCUT2D eigenvalue weighted by molar-refractivity contribution is 5.26. The minimum Gasteiger partial charge on any atom is -0.303 e. The van der Waals surface area contributed by atoms with Crippen LogP contribution in [0.2, 0.25) is 0 Å². The molecule has 12 heavy (non-hydrogen) atoms. The van der Waals surface area contributed by atoms with Gasteiger partial charge in [0.2, 0.25) is 0 Å². The van der Waals surface area contributed by atoms with Crippen molar-refractivity contribution in [3.05, 3.63) is 17.5 Å². The second-order valence-electron chi connectivity index (χ2n) is 2.70. The van der Waals surface area contributed by atoms with Gasteiger partial charge in [-0.25, -0.2) is 0 Å². The maximum Gasteiger partial charge on any atom is 0.0973 e. The molecule has 0 fully saturated rings. The van der Waals surface area contributed by atoms with Gasteiger partial charge in [0.15, 0.2) is 0 Å². The third-order valence-corrected chi connectivity index (χ3v) is 2.04. The molecule has 1 heterocycles. The summed E-state index contributed by atoms with van der Waals surface area (Å²) < 4.78 is 1.82. The average molecular weight is 163 g/mol. The van der Waals surface area contributed by atoms with E-state index < -0.39 is 0 Å². The van der Waals surface area contributed by atoms with Gasteiger partial charge in [-0.1, -0.05) is 5.92 Å². The first-order valence-electron chi connectivity index (χ1n) is 3.82. The van der Waals surface area contributed by atoms with Gasteiger partial charge in [-0.05, 0) is 14.0 Å². The Kier molecular flexibility index (Phi) is 2.51. The second-order valence-corrected chi connectivity index (χ2v) is 2.70. The summed E-state index contributed by atoms with van der Waals surface area (Å²) >= 11 is 0. The van der Waals surface area contributed by atoms with Gasteiger partial charge in [-0.15, -0.1) is 6.42 Å². The highest BCUT2D eigenvalue weighted by Gasteiger charge is 2.11. The van der Waals surface area contributed by atoms with Crippen LogP contribution < -0.4 is 5.32 Å². The number of hydrogen-bond acceptors (Lipinski definition) is 2. The van der Waals surface area contributed by atoms with E-state index in [4.69, 9.17) is 6.42 Å². The molecule has 0 amide bonds. The number of terminal acetylenes is 1. The zero-order valence-electron chi connectivity index (χ0n) is 7.63. The molecule has 1 rings (SSSR count). The van der Waals surface area contributed by atoms with Crippen LogP contribution in [0.25, 0.3) is 0 Å². The lowest BCUT2D eigenvalue weighted by Crippen LogP contribution is -2.14. The number of aromatic nitrogens is 2. The molecule has 0 aliphatic rings. The zero-order valence-corrected chi connectivity index (χ0v) is 7.63. The van der Waals surface area contributed by atoms with Crippen LogP contribution in [-0.2, 0) is 7.05 Å². The number of hydrogen-bond donors (Lipinski definition) is 1. The Morgan fingerprint density at radius 3 is 2.75 bits per heavy atom. The van der Waals surface area contributed by atoms with E-state index in [-0.39, 0.29) is 6.04 Å². The van der Waals surface area contributed by atoms with Gasteiger partial charge in [-0.2, -0.15) is 5.10 Å². The summed E-state index contributed by atoms with van der Waals surface area (Å²) in [5.74, 6) is 2.66. The molecule has 3 nitrogen and oxygen atoms in total. The maximum atomic E-state index is 5.34. The Morgan fingerprint density at radius 2 is 2.42 bits per heavy atom. The predicted molar refractivity (Wildman–Crippen MR) is 48.6 cm³/mol. The van der Waals surface area contributed by atoms with E-state index in [0.29, 0.717) is 0 Å². The topological polar surface area (TPSA) is 29.9 Å². The average Bonchev–Trinajstić information content (AvgIpc) is 2.38. The minimum atomic E-state index is -0.0290. The molecule has 0 saturated carbocycles. The molecule has 0 aliphatic carbocycles. The van der Waals surface area contributed by atoms with Crippen molar-refractivity contribution in [3.8, 4) is 12.3 Å². The van der Waals surface area contributed by atoms with Crippen molar-refractivity contribution in [2.45, 2.75) is 13.0 Å². The molecule has 1 N–H and O–H groups in total. The van der Waals surface area contributed by atoms with Gasteiger partial charge >= 0.3 is 0 Å². The van der Waals surface area contributed by atoms with Crippen LogP contribution in [0.1, 0.15) is 17.3 Å². The van der Waals surface area contributed by atoms with E-state index in [1.165, 1.54) is 0 Å². The van der Waals surface area contributed by atoms with E-state index in [2.05, 4.69) is 16.3 Å². The molecule has 0 radical (unpaired) electrons. The van der Waals surface area contributed by atoms with Crippen LogP contribution in [-0.4, -0.2) is 16.8 Å². The van der Waals surface area contributed by atoms with Gasteiger partial charge < -0.3 is 5.32 Å². The van der Waals surface area contributed by atoms with Gasteiger partial charge in [-0.3, -0.25) is 4.68 Å². The van der Waals surface area contributed by atoms with E-state index in [1.807, 2.05) is 25.7 Å². The molecule has 1 unspecified atom stereocenters. The van der Waals surface area contributed by atoms with E-state index >= 15 is 0 Å². The van der Waals surface area contributed by atoms with Crippen molar-refractivity contribution in [1.29, 1.82) is 0 Å². The van der Waals surface area contributed by atoms with Crippen LogP contribution >= 0.6 is 0 Å². The van der Waals surface area contributed by atoms with Crippen molar-refractivity contribution in [1.82, 2.24) is 15.1 Å². The van der Waals surface area contributed by atoms with Crippen LogP contribution in [0.4, 0.5) is 0 Å². The number of rotatable bonds is 2. The van der Waals surface area contributed by atoms with Gasteiger partial charge in [0.05, 0.1) is 12.2 Å². The van der Waals surface area contributed by atoms with Crippen LogP contribution in [0.3, 0.4) is 0 Å². The SMILES string of the molecule is C#CC(NC)c1cnn(C)c1C. The predicted octanol–water partition coefficient (Wildman–Crippen LogP) is 0.622. The summed E-state index contributed by atoms with van der Waals surface area (Å²) in [5, 5.41) is 7.15. The Hall–Kier alpha value is -1.27. The maximum absolute atomic E-state index is 5.34. The summed E-state index contributed by atoms with van der Waals surface area (Å²) in [7, 11) is 3.75. The fraction of sp³-hybridized carbons (Fsp3) is 0.444. The van der Waals surface area contributed by atoms with E-state index in [1.54, 1.807) is 6.20 Å². The Morgan fingerprint density at radius 1 is 1.75 bits per heavy atom. The molecular weight excluding hydrogens is 150 g/mol. The quantitative estimate of drug-likeness (QED) is 0.648. The standard InChI is InChI=1S/C9H13N3/c1-5-9(10-3)8-6-11-12(4)7(8)2/h1,6,9-10H,2-4H3. The summed E-state index contributed by atoms with van der Waals surface area (Å²) in [6, 6.07) is -0.0290. The number of nitrogens with one attached hydrogen (secondary N) is 1. The molecule has 0 aromatic carbocycles. The summed E-state index contributed by atoms with van der Waals surface area (Å²) in [6.45, 7) is 2.00. The Balaban J connectivity index is 3.03. The molecule has 0 bridgehead atoms. The Bertz CT molecular complexity index is 306. The number of nitrogens with zero attached hydrogens (tertiary/aromatic N) is 2. The zero-order chi connectivity index (χ0) is 9.14. The molecule has 64 valence electrons. The van der Waals surface area contributed by atoms with Gasteiger partial charge in [0.1, 0.15) is 0 Å². The van der Waals surface area contributed by atoms with Crippen molar-refractivity contribution in [2.75, 3.05) is 7.05 Å². The van der Waals surface area contributed by atoms with Crippen molar-refractivity contribution >= 4 is 0 Å². The molecule has 0 spiro atoms. The summed E-state index contributed by atoms with van der Waals surface area (Å²) in [5.41, 5.74) is 2.18. The van der Waals surface area contributed by atoms with Gasteiger partial charge in [0.25, 0.3) is 0 Å². The van der Waals surface area contributed by atoms with Crippen molar-refractivity contribution in [3.63, 3.8) is 0 Å². The lowest BCUT2D eigenvalue weighted by atomic mass is 10.1. The molecule has 1 aromatic heterocycles. The molecule has 0 saturated heterocycles. The molecular formula is C9H13N3. The van der Waals surface area contributed by atoms with Crippen LogP contribution in [0.5, 0.6) is 0 Å². The molecule has 1 atom stereocenters.